The van der Waals surface area contributed by atoms with E-state index >= 15 is 0 Å². The quantitative estimate of drug-likeness (QED) is 0.912. The Hall–Kier alpha value is -1.68. The van der Waals surface area contributed by atoms with E-state index in [4.69, 9.17) is 0 Å². The Labute approximate surface area is 126 Å². The lowest BCUT2D eigenvalue weighted by Gasteiger charge is -2.22. The Morgan fingerprint density at radius 2 is 2.00 bits per heavy atom. The highest BCUT2D eigenvalue weighted by Gasteiger charge is 2.22. The number of halogens is 1. The molecule has 1 heterocycles. The van der Waals surface area contributed by atoms with Gasteiger partial charge in [0.25, 0.3) is 0 Å². The molecule has 21 heavy (non-hydrogen) atoms. The van der Waals surface area contributed by atoms with E-state index in [1.54, 1.807) is 6.07 Å². The third-order valence-corrected chi connectivity index (χ3v) is 3.99. The summed E-state index contributed by atoms with van der Waals surface area (Å²) in [5.74, 6) is -0.190. The average Bonchev–Trinajstić information content (AvgIpc) is 2.67. The van der Waals surface area contributed by atoms with Crippen LogP contribution in [0.15, 0.2) is 18.2 Å². The minimum atomic E-state index is -0.190. The van der Waals surface area contributed by atoms with E-state index in [0.29, 0.717) is 0 Å². The summed E-state index contributed by atoms with van der Waals surface area (Å²) in [6.07, 6.45) is 1.05. The first kappa shape index (κ1) is 15.7. The molecule has 0 bridgehead atoms. The summed E-state index contributed by atoms with van der Waals surface area (Å²) in [7, 11) is 1.96. The molecule has 2 aromatic rings. The van der Waals surface area contributed by atoms with Crippen LogP contribution in [0.1, 0.15) is 47.5 Å². The molecule has 1 unspecified atom stereocenters. The largest absolute Gasteiger partial charge is 0.306 e. The number of benzene rings is 1. The fraction of sp³-hybridized carbons (Fsp3) is 0.471. The van der Waals surface area contributed by atoms with Gasteiger partial charge in [-0.1, -0.05) is 13.0 Å². The molecule has 0 amide bonds. The lowest BCUT2D eigenvalue weighted by molar-refractivity contribution is 0.585. The molecule has 1 atom stereocenters. The van der Waals surface area contributed by atoms with Crippen molar-refractivity contribution in [1.29, 1.82) is 0 Å². The van der Waals surface area contributed by atoms with Crippen LogP contribution in [-0.4, -0.2) is 16.3 Å². The lowest BCUT2D eigenvalue weighted by Crippen LogP contribution is -2.25. The zero-order valence-corrected chi connectivity index (χ0v) is 13.5. The SMILES string of the molecule is CCCNC(c1ccc(F)cc1C)c1c(C)nn(C)c1C. The van der Waals surface area contributed by atoms with E-state index in [2.05, 4.69) is 24.3 Å². The van der Waals surface area contributed by atoms with Crippen molar-refractivity contribution in [1.82, 2.24) is 15.1 Å². The fourth-order valence-corrected chi connectivity index (χ4v) is 2.83. The topological polar surface area (TPSA) is 29.9 Å². The molecule has 4 heteroatoms. The Morgan fingerprint density at radius 3 is 2.52 bits per heavy atom. The van der Waals surface area contributed by atoms with Crippen LogP contribution in [0.5, 0.6) is 0 Å². The molecule has 0 saturated heterocycles. The molecule has 3 nitrogen and oxygen atoms in total. The van der Waals surface area contributed by atoms with Gasteiger partial charge in [-0.05, 0) is 57.0 Å². The molecule has 0 aliphatic heterocycles. The van der Waals surface area contributed by atoms with Gasteiger partial charge in [0.15, 0.2) is 0 Å². The maximum Gasteiger partial charge on any atom is 0.123 e. The Kier molecular flexibility index (Phi) is 4.78. The first-order chi connectivity index (χ1) is 9.95. The van der Waals surface area contributed by atoms with Gasteiger partial charge in [0.05, 0.1) is 11.7 Å². The molecular formula is C17H24FN3. The number of rotatable bonds is 5. The van der Waals surface area contributed by atoms with Crippen LogP contribution in [0, 0.1) is 26.6 Å². The third-order valence-electron chi connectivity index (χ3n) is 3.99. The molecular weight excluding hydrogens is 265 g/mol. The number of hydrogen-bond acceptors (Lipinski definition) is 2. The summed E-state index contributed by atoms with van der Waals surface area (Å²) in [5, 5.41) is 8.10. The number of aryl methyl sites for hydroxylation is 3. The van der Waals surface area contributed by atoms with Crippen molar-refractivity contribution >= 4 is 0 Å². The monoisotopic (exact) mass is 289 g/mol. The molecule has 2 rings (SSSR count). The first-order valence-corrected chi connectivity index (χ1v) is 7.45. The standard InChI is InChI=1S/C17H24FN3/c1-6-9-19-17(15-8-7-14(18)10-11(15)2)16-12(3)20-21(5)13(16)4/h7-8,10,17,19H,6,9H2,1-5H3. The second-order valence-corrected chi connectivity index (χ2v) is 5.60. The van der Waals surface area contributed by atoms with E-state index in [-0.39, 0.29) is 11.9 Å². The van der Waals surface area contributed by atoms with Gasteiger partial charge in [0.1, 0.15) is 5.82 Å². The van der Waals surface area contributed by atoms with Crippen LogP contribution in [0.25, 0.3) is 0 Å². The third kappa shape index (κ3) is 3.16. The summed E-state index contributed by atoms with van der Waals surface area (Å²) >= 11 is 0. The first-order valence-electron chi connectivity index (χ1n) is 7.45. The molecule has 1 N–H and O–H groups in total. The highest BCUT2D eigenvalue weighted by molar-refractivity contribution is 5.40. The van der Waals surface area contributed by atoms with E-state index in [0.717, 1.165) is 35.5 Å². The van der Waals surface area contributed by atoms with Crippen LogP contribution in [-0.2, 0) is 7.05 Å². The second-order valence-electron chi connectivity index (χ2n) is 5.60. The normalized spacial score (nSPS) is 12.7. The summed E-state index contributed by atoms with van der Waals surface area (Å²) in [6, 6.07) is 5.06. The van der Waals surface area contributed by atoms with Crippen molar-refractivity contribution in [2.45, 2.75) is 40.2 Å². The molecule has 1 aromatic heterocycles. The zero-order valence-electron chi connectivity index (χ0n) is 13.5. The van der Waals surface area contributed by atoms with Crippen LogP contribution < -0.4 is 5.32 Å². The van der Waals surface area contributed by atoms with Gasteiger partial charge in [-0.25, -0.2) is 4.39 Å². The van der Waals surface area contributed by atoms with Gasteiger partial charge in [-0.3, -0.25) is 4.68 Å². The maximum absolute atomic E-state index is 13.4. The molecule has 0 radical (unpaired) electrons. The van der Waals surface area contributed by atoms with E-state index in [1.807, 2.05) is 31.6 Å². The van der Waals surface area contributed by atoms with Crippen LogP contribution in [0.3, 0.4) is 0 Å². The second kappa shape index (κ2) is 6.39. The predicted molar refractivity (Wildman–Crippen MR) is 84.0 cm³/mol. The zero-order chi connectivity index (χ0) is 15.6. The van der Waals surface area contributed by atoms with Gasteiger partial charge in [0.2, 0.25) is 0 Å². The number of nitrogens with zero attached hydrogens (tertiary/aromatic N) is 2. The summed E-state index contributed by atoms with van der Waals surface area (Å²) in [6.45, 7) is 9.12. The predicted octanol–water partition coefficient (Wildman–Crippen LogP) is 3.57. The minimum Gasteiger partial charge on any atom is -0.306 e. The van der Waals surface area contributed by atoms with Crippen molar-refractivity contribution in [2.24, 2.45) is 7.05 Å². The van der Waals surface area contributed by atoms with Crippen LogP contribution >= 0.6 is 0 Å². The van der Waals surface area contributed by atoms with Crippen molar-refractivity contribution in [3.05, 3.63) is 52.1 Å². The van der Waals surface area contributed by atoms with Gasteiger partial charge in [0, 0.05) is 18.3 Å². The molecule has 0 fully saturated rings. The minimum absolute atomic E-state index is 0.0549. The van der Waals surface area contributed by atoms with Crippen LogP contribution in [0.4, 0.5) is 4.39 Å². The highest BCUT2D eigenvalue weighted by atomic mass is 19.1. The van der Waals surface area contributed by atoms with Crippen molar-refractivity contribution in [2.75, 3.05) is 6.54 Å². The van der Waals surface area contributed by atoms with Crippen molar-refractivity contribution in [3.8, 4) is 0 Å². The average molecular weight is 289 g/mol. The Balaban J connectivity index is 2.52. The van der Waals surface area contributed by atoms with Crippen LogP contribution in [0.2, 0.25) is 0 Å². The van der Waals surface area contributed by atoms with E-state index in [1.165, 1.54) is 11.6 Å². The fourth-order valence-electron chi connectivity index (χ4n) is 2.83. The number of nitrogens with one attached hydrogen (secondary N) is 1. The summed E-state index contributed by atoms with van der Waals surface area (Å²) in [4.78, 5) is 0. The highest BCUT2D eigenvalue weighted by Crippen LogP contribution is 2.29. The van der Waals surface area contributed by atoms with Gasteiger partial charge in [-0.2, -0.15) is 5.10 Å². The number of hydrogen-bond donors (Lipinski definition) is 1. The summed E-state index contributed by atoms with van der Waals surface area (Å²) in [5.41, 5.74) is 5.44. The molecule has 1 aromatic carbocycles. The van der Waals surface area contributed by atoms with Gasteiger partial charge >= 0.3 is 0 Å². The van der Waals surface area contributed by atoms with Gasteiger partial charge in [-0.15, -0.1) is 0 Å². The maximum atomic E-state index is 13.4. The lowest BCUT2D eigenvalue weighted by atomic mass is 9.93. The summed E-state index contributed by atoms with van der Waals surface area (Å²) < 4.78 is 15.3. The molecule has 0 saturated carbocycles. The Bertz CT molecular complexity index is 631. The number of aromatic nitrogens is 2. The molecule has 0 aliphatic rings. The molecule has 114 valence electrons. The van der Waals surface area contributed by atoms with Gasteiger partial charge < -0.3 is 5.32 Å². The molecule has 0 aliphatic carbocycles. The van der Waals surface area contributed by atoms with Crippen molar-refractivity contribution < 1.29 is 4.39 Å². The Morgan fingerprint density at radius 1 is 1.29 bits per heavy atom. The van der Waals surface area contributed by atoms with E-state index < -0.39 is 0 Å². The smallest absolute Gasteiger partial charge is 0.123 e. The van der Waals surface area contributed by atoms with Crippen molar-refractivity contribution in [3.63, 3.8) is 0 Å². The van der Waals surface area contributed by atoms with E-state index in [9.17, 15) is 4.39 Å². The molecule has 0 spiro atoms.